The molecule has 4 N–H and O–H groups in total. The molecule has 2 rings (SSSR count). The second-order valence-corrected chi connectivity index (χ2v) is 6.75. The van der Waals surface area contributed by atoms with Crippen LogP contribution < -0.4 is 16.2 Å². The number of amides is 1. The van der Waals surface area contributed by atoms with Crippen molar-refractivity contribution in [3.8, 4) is 5.75 Å². The number of hydrogen-bond donors (Lipinski definition) is 2. The third-order valence-electron chi connectivity index (χ3n) is 4.40. The van der Waals surface area contributed by atoms with Gasteiger partial charge in [-0.05, 0) is 37.9 Å². The number of carbonyl (C=O) groups excluding carboxylic acids is 2. The first kappa shape index (κ1) is 19.0. The normalized spacial score (nSPS) is 17.5. The molecule has 8 heteroatoms. The van der Waals surface area contributed by atoms with Crippen molar-refractivity contribution in [2.75, 3.05) is 19.6 Å². The Morgan fingerprint density at radius 2 is 1.96 bits per heavy atom. The molecule has 0 aliphatic carbocycles. The molecule has 1 amide bonds. The Bertz CT molecular complexity index is 604. The molecule has 1 aromatic rings. The number of halogens is 2. The highest BCUT2D eigenvalue weighted by Crippen LogP contribution is 2.38. The number of nitrogens with two attached hydrogens (primary N) is 2. The maximum Gasteiger partial charge on any atom is 0.298 e. The van der Waals surface area contributed by atoms with Crippen LogP contribution in [-0.2, 0) is 9.59 Å². The molecule has 6 nitrogen and oxygen atoms in total. The van der Waals surface area contributed by atoms with Gasteiger partial charge in [-0.15, -0.1) is 0 Å². The van der Waals surface area contributed by atoms with E-state index in [4.69, 9.17) is 39.4 Å². The molecule has 0 spiro atoms. The van der Waals surface area contributed by atoms with Gasteiger partial charge in [-0.3, -0.25) is 9.59 Å². The van der Waals surface area contributed by atoms with Crippen molar-refractivity contribution in [3.05, 3.63) is 27.7 Å². The van der Waals surface area contributed by atoms with Gasteiger partial charge in [0.25, 0.3) is 6.47 Å². The molecule has 1 aliphatic rings. The summed E-state index contributed by atoms with van der Waals surface area (Å²) in [6.07, 6.45) is 2.11. The second kappa shape index (κ2) is 8.67. The predicted molar refractivity (Wildman–Crippen MR) is 93.1 cm³/mol. The highest BCUT2D eigenvalue weighted by molar-refractivity contribution is 6.42. The lowest BCUT2D eigenvalue weighted by Crippen LogP contribution is -2.39. The van der Waals surface area contributed by atoms with Crippen molar-refractivity contribution in [2.45, 2.75) is 25.3 Å². The van der Waals surface area contributed by atoms with Crippen LogP contribution in [0.3, 0.4) is 0 Å². The van der Waals surface area contributed by atoms with Gasteiger partial charge in [0.15, 0.2) is 0 Å². The number of piperidine rings is 1. The van der Waals surface area contributed by atoms with E-state index in [-0.39, 0.29) is 17.9 Å². The smallest absolute Gasteiger partial charge is 0.298 e. The Labute approximate surface area is 151 Å². The lowest BCUT2D eigenvalue weighted by Gasteiger charge is -2.35. The minimum atomic E-state index is -0.312. The number of ether oxygens (including phenoxy) is 1. The van der Waals surface area contributed by atoms with Crippen molar-refractivity contribution in [2.24, 2.45) is 17.4 Å². The molecule has 0 bridgehead atoms. The lowest BCUT2D eigenvalue weighted by atomic mass is 9.85. The first-order valence-electron chi connectivity index (χ1n) is 7.78. The van der Waals surface area contributed by atoms with E-state index in [1.807, 2.05) is 0 Å². The first-order chi connectivity index (χ1) is 11.4. The van der Waals surface area contributed by atoms with E-state index in [9.17, 15) is 9.59 Å². The Hall–Kier alpha value is -1.34. The molecule has 24 heavy (non-hydrogen) atoms. The molecular weight excluding hydrogens is 353 g/mol. The zero-order chi connectivity index (χ0) is 17.7. The van der Waals surface area contributed by atoms with Crippen LogP contribution in [0.5, 0.6) is 5.75 Å². The van der Waals surface area contributed by atoms with Crippen molar-refractivity contribution in [1.82, 2.24) is 4.90 Å². The van der Waals surface area contributed by atoms with Crippen LogP contribution in [0.25, 0.3) is 0 Å². The Kier molecular flexibility index (Phi) is 6.86. The summed E-state index contributed by atoms with van der Waals surface area (Å²) in [5, 5.41) is 0.685. The van der Waals surface area contributed by atoms with Gasteiger partial charge in [-0.1, -0.05) is 23.2 Å². The molecule has 1 saturated heterocycles. The van der Waals surface area contributed by atoms with Gasteiger partial charge in [0.1, 0.15) is 5.75 Å². The quantitative estimate of drug-likeness (QED) is 0.713. The predicted octanol–water partition coefficient (Wildman–Crippen LogP) is 2.12. The Balaban J connectivity index is 2.04. The summed E-state index contributed by atoms with van der Waals surface area (Å²) in [5.41, 5.74) is 12.3. The molecule has 1 unspecified atom stereocenters. The minimum absolute atomic E-state index is 0.223. The third kappa shape index (κ3) is 4.83. The monoisotopic (exact) mass is 373 g/mol. The van der Waals surface area contributed by atoms with Crippen LogP contribution >= 0.6 is 23.2 Å². The summed E-state index contributed by atoms with van der Waals surface area (Å²) in [4.78, 5) is 23.8. The Morgan fingerprint density at radius 1 is 1.33 bits per heavy atom. The molecule has 1 aliphatic heterocycles. The van der Waals surface area contributed by atoms with E-state index in [0.717, 1.165) is 25.9 Å². The SMILES string of the molecule is NC(=O)CCN1CCC(C(N)c2cc(Cl)c(Cl)cc2OC=O)CC1. The summed E-state index contributed by atoms with van der Waals surface area (Å²) in [6.45, 7) is 2.71. The minimum Gasteiger partial charge on any atom is -0.428 e. The number of benzene rings is 1. The van der Waals surface area contributed by atoms with Crippen molar-refractivity contribution in [1.29, 1.82) is 0 Å². The zero-order valence-corrected chi connectivity index (χ0v) is 14.7. The average molecular weight is 374 g/mol. The third-order valence-corrected chi connectivity index (χ3v) is 5.12. The van der Waals surface area contributed by atoms with Gasteiger partial charge < -0.3 is 21.1 Å². The van der Waals surface area contributed by atoms with Gasteiger partial charge in [0.2, 0.25) is 5.91 Å². The summed E-state index contributed by atoms with van der Waals surface area (Å²) >= 11 is 12.1. The van der Waals surface area contributed by atoms with Crippen LogP contribution in [0.2, 0.25) is 10.0 Å². The highest BCUT2D eigenvalue weighted by atomic mass is 35.5. The van der Waals surface area contributed by atoms with E-state index in [0.29, 0.717) is 40.8 Å². The number of likely N-dealkylation sites (tertiary alicyclic amines) is 1. The van der Waals surface area contributed by atoms with Gasteiger partial charge in [0, 0.05) is 30.6 Å². The van der Waals surface area contributed by atoms with Crippen LogP contribution in [0, 0.1) is 5.92 Å². The maximum absolute atomic E-state index is 10.9. The van der Waals surface area contributed by atoms with Crippen LogP contribution in [0.15, 0.2) is 12.1 Å². The molecule has 0 saturated carbocycles. The standard InChI is InChI=1S/C16H21Cl2N3O3/c17-12-7-11(14(24-9-22)8-13(12)18)16(20)10-1-4-21(5-2-10)6-3-15(19)23/h7-10,16H,1-6,20H2,(H2,19,23). The number of primary amides is 1. The fourth-order valence-electron chi connectivity index (χ4n) is 3.02. The van der Waals surface area contributed by atoms with Gasteiger partial charge in [0.05, 0.1) is 10.0 Å². The number of rotatable bonds is 7. The van der Waals surface area contributed by atoms with E-state index in [1.54, 1.807) is 6.07 Å². The van der Waals surface area contributed by atoms with Crippen molar-refractivity contribution in [3.63, 3.8) is 0 Å². The Morgan fingerprint density at radius 3 is 2.54 bits per heavy atom. The lowest BCUT2D eigenvalue weighted by molar-refractivity contribution is -0.121. The number of nitrogens with zero attached hydrogens (tertiary/aromatic N) is 1. The maximum atomic E-state index is 10.9. The first-order valence-corrected chi connectivity index (χ1v) is 8.53. The molecule has 0 radical (unpaired) electrons. The van der Waals surface area contributed by atoms with Crippen molar-refractivity contribution >= 4 is 35.6 Å². The molecule has 1 fully saturated rings. The van der Waals surface area contributed by atoms with Crippen molar-refractivity contribution < 1.29 is 14.3 Å². The zero-order valence-electron chi connectivity index (χ0n) is 13.2. The summed E-state index contributed by atoms with van der Waals surface area (Å²) in [7, 11) is 0. The van der Waals surface area contributed by atoms with E-state index in [2.05, 4.69) is 4.90 Å². The van der Waals surface area contributed by atoms with Gasteiger partial charge in [-0.25, -0.2) is 0 Å². The molecule has 1 aromatic carbocycles. The fourth-order valence-corrected chi connectivity index (χ4v) is 3.34. The second-order valence-electron chi connectivity index (χ2n) is 5.94. The summed E-state index contributed by atoms with van der Waals surface area (Å²) in [6, 6.07) is 2.86. The highest BCUT2D eigenvalue weighted by Gasteiger charge is 2.28. The topological polar surface area (TPSA) is 98.7 Å². The molecule has 1 atom stereocenters. The van der Waals surface area contributed by atoms with Crippen LogP contribution in [0.4, 0.5) is 0 Å². The fraction of sp³-hybridized carbons (Fsp3) is 0.500. The average Bonchev–Trinajstić information content (AvgIpc) is 2.56. The molecule has 132 valence electrons. The van der Waals surface area contributed by atoms with Crippen LogP contribution in [-0.4, -0.2) is 36.9 Å². The van der Waals surface area contributed by atoms with Gasteiger partial charge in [-0.2, -0.15) is 0 Å². The van der Waals surface area contributed by atoms with E-state index < -0.39 is 0 Å². The number of carbonyl (C=O) groups is 2. The molecule has 0 aromatic heterocycles. The summed E-state index contributed by atoms with van der Waals surface area (Å²) < 4.78 is 5.01. The molecular formula is C16H21Cl2N3O3. The van der Waals surface area contributed by atoms with E-state index in [1.165, 1.54) is 6.07 Å². The largest absolute Gasteiger partial charge is 0.428 e. The molecule has 1 heterocycles. The summed E-state index contributed by atoms with van der Waals surface area (Å²) in [5.74, 6) is 0.268. The van der Waals surface area contributed by atoms with Crippen LogP contribution in [0.1, 0.15) is 30.9 Å². The van der Waals surface area contributed by atoms with Gasteiger partial charge >= 0.3 is 0 Å². The number of hydrogen-bond acceptors (Lipinski definition) is 5. The van der Waals surface area contributed by atoms with E-state index >= 15 is 0 Å².